The van der Waals surface area contributed by atoms with Gasteiger partial charge in [-0.25, -0.2) is 18.6 Å². The first-order valence-electron chi connectivity index (χ1n) is 15.9. The number of hydrogen-bond donors (Lipinski definition) is 1. The van der Waals surface area contributed by atoms with Gasteiger partial charge in [-0.05, 0) is 48.7 Å². The van der Waals surface area contributed by atoms with Crippen LogP contribution in [-0.2, 0) is 25.3 Å². The first kappa shape index (κ1) is 33.9. The maximum Gasteiger partial charge on any atom is 0.330 e. The van der Waals surface area contributed by atoms with Gasteiger partial charge < -0.3 is 19.5 Å². The lowest BCUT2D eigenvalue weighted by Crippen LogP contribution is -2.72. The number of likely N-dealkylation sites (tertiary alicyclic amines) is 2. The van der Waals surface area contributed by atoms with E-state index in [-0.39, 0.29) is 44.2 Å². The highest BCUT2D eigenvalue weighted by Gasteiger charge is 2.55. The lowest BCUT2D eigenvalue weighted by molar-refractivity contribution is -0.161. The average Bonchev–Trinajstić information content (AvgIpc) is 3.46. The van der Waals surface area contributed by atoms with Crippen LogP contribution in [0.1, 0.15) is 40.9 Å². The Morgan fingerprint density at radius 1 is 1.00 bits per heavy atom. The van der Waals surface area contributed by atoms with Crippen LogP contribution in [0.15, 0.2) is 46.1 Å². The second-order valence-corrected chi connectivity index (χ2v) is 14.0. The monoisotopic (exact) mass is 724 g/mol. The second-order valence-electron chi connectivity index (χ2n) is 13.2. The average molecular weight is 726 g/mol. The molecular formula is C35H32Cl2F2N6O5. The summed E-state index contributed by atoms with van der Waals surface area (Å²) in [6, 6.07) is 6.75. The van der Waals surface area contributed by atoms with Gasteiger partial charge in [0, 0.05) is 87.1 Å². The Balaban J connectivity index is 1.21. The van der Waals surface area contributed by atoms with Crippen molar-refractivity contribution in [1.29, 1.82) is 0 Å². The predicted octanol–water partition coefficient (Wildman–Crippen LogP) is 4.81. The summed E-state index contributed by atoms with van der Waals surface area (Å²) in [5.41, 5.74) is 0.153. The molecule has 2 aliphatic heterocycles. The molecule has 2 saturated heterocycles. The zero-order valence-corrected chi connectivity index (χ0v) is 29.1. The van der Waals surface area contributed by atoms with Gasteiger partial charge in [0.15, 0.2) is 0 Å². The number of halogens is 4. The van der Waals surface area contributed by atoms with Gasteiger partial charge in [-0.2, -0.15) is 0 Å². The molecule has 1 spiro atoms. The van der Waals surface area contributed by atoms with Crippen LogP contribution in [0.25, 0.3) is 22.4 Å². The molecule has 50 heavy (non-hydrogen) atoms. The number of nitrogens with zero attached hydrogens (tertiary/aromatic N) is 5. The van der Waals surface area contributed by atoms with Crippen molar-refractivity contribution in [2.24, 2.45) is 19.5 Å². The molecule has 4 heterocycles. The molecule has 260 valence electrons. The predicted molar refractivity (Wildman–Crippen MR) is 184 cm³/mol. The number of aromatic nitrogens is 3. The number of carbonyl (C=O) groups excluding carboxylic acids is 2. The molecule has 0 radical (unpaired) electrons. The summed E-state index contributed by atoms with van der Waals surface area (Å²) in [5, 5.41) is 1.95. The van der Waals surface area contributed by atoms with E-state index in [2.05, 4.69) is 10.2 Å². The summed E-state index contributed by atoms with van der Waals surface area (Å²) in [5.74, 6) is -2.17. The molecular weight excluding hydrogens is 693 g/mol. The highest BCUT2D eigenvalue weighted by Crippen LogP contribution is 2.50. The molecule has 2 aromatic carbocycles. The van der Waals surface area contributed by atoms with E-state index in [1.54, 1.807) is 6.92 Å². The topological polar surface area (TPSA) is 119 Å². The summed E-state index contributed by atoms with van der Waals surface area (Å²) in [6.45, 7) is 4.90. The standard InChI is InChI=1S/C35H32Cl2F2N6O5/c1-17(46)44-13-35(14-44)15-45(16-35)25-10-5-18-11-24(41-32(50-4)26(18)25)19-6-7-21(38)27(29(19)36)28-22(39)8-9-23(30(28)37)40-31(47)20-12-42(2)34(49)43(3)33(20)48/h6-9,11-12,25H,5,10,13-16H2,1-4H3,(H,40,47)/t25-/m0/s1. The van der Waals surface area contributed by atoms with Gasteiger partial charge in [0.05, 0.1) is 28.5 Å². The van der Waals surface area contributed by atoms with E-state index in [0.717, 1.165) is 77.6 Å². The molecule has 1 N–H and O–H groups in total. The Morgan fingerprint density at radius 3 is 2.32 bits per heavy atom. The van der Waals surface area contributed by atoms with Crippen molar-refractivity contribution >= 4 is 40.7 Å². The molecule has 1 aliphatic carbocycles. The maximum atomic E-state index is 15.6. The quantitative estimate of drug-likeness (QED) is 0.303. The minimum absolute atomic E-state index is 0.0945. The molecule has 0 bridgehead atoms. The minimum atomic E-state index is -0.909. The van der Waals surface area contributed by atoms with E-state index >= 15 is 8.78 Å². The Morgan fingerprint density at radius 2 is 1.66 bits per heavy atom. The van der Waals surface area contributed by atoms with E-state index in [9.17, 15) is 19.2 Å². The van der Waals surface area contributed by atoms with Crippen molar-refractivity contribution in [3.05, 3.63) is 95.7 Å². The third-order valence-corrected chi connectivity index (χ3v) is 10.8. The summed E-state index contributed by atoms with van der Waals surface area (Å²) < 4.78 is 38.7. The zero-order chi connectivity index (χ0) is 35.8. The number of nitrogens with one attached hydrogen (secondary N) is 1. The summed E-state index contributed by atoms with van der Waals surface area (Å²) >= 11 is 13.5. The van der Waals surface area contributed by atoms with Gasteiger partial charge in [-0.15, -0.1) is 0 Å². The van der Waals surface area contributed by atoms with E-state index < -0.39 is 34.4 Å². The maximum absolute atomic E-state index is 15.6. The van der Waals surface area contributed by atoms with E-state index in [1.165, 1.54) is 33.3 Å². The van der Waals surface area contributed by atoms with Crippen LogP contribution >= 0.6 is 23.2 Å². The number of fused-ring (bicyclic) bond motifs is 1. The van der Waals surface area contributed by atoms with Crippen LogP contribution in [0.2, 0.25) is 10.0 Å². The number of methoxy groups -OCH3 is 1. The Bertz CT molecular complexity index is 2240. The molecule has 11 nitrogen and oxygen atoms in total. The summed E-state index contributed by atoms with van der Waals surface area (Å²) in [7, 11) is 4.14. The van der Waals surface area contributed by atoms with Gasteiger partial charge in [0.1, 0.15) is 17.2 Å². The molecule has 7 rings (SSSR count). The Kier molecular flexibility index (Phi) is 8.35. The molecule has 1 atom stereocenters. The van der Waals surface area contributed by atoms with Crippen molar-refractivity contribution < 1.29 is 23.1 Å². The van der Waals surface area contributed by atoms with Gasteiger partial charge in [-0.1, -0.05) is 23.2 Å². The SMILES string of the molecule is COc1nc(-c2ccc(F)c(-c3c(F)ccc(NC(=O)c4cn(C)c(=O)n(C)c4=O)c3Cl)c2Cl)cc2c1[C@@H](N1CC3(CN(C(C)=O)C3)C1)CC2. The summed E-state index contributed by atoms with van der Waals surface area (Å²) in [6.07, 6.45) is 2.69. The molecule has 3 aliphatic rings. The van der Waals surface area contributed by atoms with Crippen LogP contribution in [0.4, 0.5) is 14.5 Å². The van der Waals surface area contributed by atoms with Crippen molar-refractivity contribution in [2.45, 2.75) is 25.8 Å². The lowest BCUT2D eigenvalue weighted by atomic mass is 9.72. The minimum Gasteiger partial charge on any atom is -0.481 e. The van der Waals surface area contributed by atoms with Crippen LogP contribution in [-0.4, -0.2) is 69.0 Å². The van der Waals surface area contributed by atoms with Crippen molar-refractivity contribution in [3.8, 4) is 28.3 Å². The molecule has 15 heteroatoms. The number of pyridine rings is 1. The van der Waals surface area contributed by atoms with E-state index in [0.29, 0.717) is 17.1 Å². The molecule has 0 unspecified atom stereocenters. The summed E-state index contributed by atoms with van der Waals surface area (Å²) in [4.78, 5) is 58.5. The van der Waals surface area contributed by atoms with E-state index in [1.807, 2.05) is 11.0 Å². The van der Waals surface area contributed by atoms with Crippen LogP contribution in [0.3, 0.4) is 0 Å². The number of ether oxygens (including phenoxy) is 1. The molecule has 2 amide bonds. The number of anilines is 1. The highest BCUT2D eigenvalue weighted by molar-refractivity contribution is 6.39. The van der Waals surface area contributed by atoms with Crippen molar-refractivity contribution in [1.82, 2.24) is 23.9 Å². The number of rotatable bonds is 6. The number of hydrogen-bond acceptors (Lipinski definition) is 7. The lowest BCUT2D eigenvalue weighted by Gasteiger charge is -2.61. The number of aryl methyl sites for hydroxylation is 2. The zero-order valence-electron chi connectivity index (χ0n) is 27.6. The molecule has 2 aromatic heterocycles. The normalized spacial score (nSPS) is 17.7. The third-order valence-electron chi connectivity index (χ3n) is 9.99. The van der Waals surface area contributed by atoms with Crippen LogP contribution in [0, 0.1) is 17.0 Å². The largest absolute Gasteiger partial charge is 0.481 e. The first-order valence-corrected chi connectivity index (χ1v) is 16.6. The molecule has 4 aromatic rings. The van der Waals surface area contributed by atoms with Crippen LogP contribution in [0.5, 0.6) is 5.88 Å². The van der Waals surface area contributed by atoms with Gasteiger partial charge in [-0.3, -0.25) is 23.9 Å². The number of amides is 2. The smallest absolute Gasteiger partial charge is 0.330 e. The first-order chi connectivity index (χ1) is 23.7. The van der Waals surface area contributed by atoms with Gasteiger partial charge in [0.25, 0.3) is 11.5 Å². The molecule has 0 saturated carbocycles. The van der Waals surface area contributed by atoms with Gasteiger partial charge >= 0.3 is 5.69 Å². The Hall–Kier alpha value is -4.59. The third kappa shape index (κ3) is 5.39. The van der Waals surface area contributed by atoms with Gasteiger partial charge in [0.2, 0.25) is 11.8 Å². The Labute approximate surface area is 295 Å². The fourth-order valence-electron chi connectivity index (χ4n) is 7.47. The van der Waals surface area contributed by atoms with Crippen molar-refractivity contribution in [3.63, 3.8) is 0 Å². The second kappa shape index (κ2) is 12.3. The number of benzene rings is 2. The highest BCUT2D eigenvalue weighted by atomic mass is 35.5. The van der Waals surface area contributed by atoms with E-state index in [4.69, 9.17) is 32.9 Å². The fraction of sp³-hybridized carbons (Fsp3) is 0.343. The van der Waals surface area contributed by atoms with Crippen molar-refractivity contribution in [2.75, 3.05) is 38.6 Å². The number of carbonyl (C=O) groups is 2. The molecule has 2 fully saturated rings. The fourth-order valence-corrected chi connectivity index (χ4v) is 8.11. The van der Waals surface area contributed by atoms with Crippen LogP contribution < -0.4 is 21.3 Å².